The number of unbranched alkanes of at least 4 members (excludes halogenated alkanes) is 1. The average molecular weight is 578 g/mol. The fourth-order valence-electron chi connectivity index (χ4n) is 3.11. The van der Waals surface area contributed by atoms with Crippen molar-refractivity contribution in [1.29, 1.82) is 0 Å². The van der Waals surface area contributed by atoms with Crippen LogP contribution >= 0.6 is 0 Å². The summed E-state index contributed by atoms with van der Waals surface area (Å²) in [6.07, 6.45) is 1.42. The molecule has 0 aromatic heterocycles. The second-order valence-electron chi connectivity index (χ2n) is 8.45. The maximum Gasteiger partial charge on any atom is 0.326 e. The standard InChI is InChI=1S/C23H39N5O12/c29-13-16(28-38)3-1-2-8-25-19(31)6-4-17(22(34)35)26-20(32)7-5-18(23(36)37)27-21(33)14-40-12-11-39-10-9-24-15-30/h13,15-18,28,38H,1-12,14H2,(H,24,30)(H,25,31)(H,26,32)(H,27,33)(H,34,35)(H,36,37)/t16?,17?,18-/m0/s1. The quantitative estimate of drug-likeness (QED) is 0.0296. The van der Waals surface area contributed by atoms with Crippen molar-refractivity contribution in [2.24, 2.45) is 0 Å². The summed E-state index contributed by atoms with van der Waals surface area (Å²) >= 11 is 0. The smallest absolute Gasteiger partial charge is 0.326 e. The number of amides is 4. The van der Waals surface area contributed by atoms with Crippen molar-refractivity contribution in [1.82, 2.24) is 26.7 Å². The van der Waals surface area contributed by atoms with Crippen LogP contribution in [0, 0.1) is 0 Å². The monoisotopic (exact) mass is 577 g/mol. The van der Waals surface area contributed by atoms with Gasteiger partial charge in [-0.25, -0.2) is 9.59 Å². The first kappa shape index (κ1) is 36.3. The van der Waals surface area contributed by atoms with E-state index in [9.17, 15) is 43.8 Å². The van der Waals surface area contributed by atoms with E-state index in [1.807, 2.05) is 5.48 Å². The molecule has 0 radical (unpaired) electrons. The number of carboxylic acids is 2. The molecule has 0 aromatic rings. The van der Waals surface area contributed by atoms with Crippen LogP contribution in [0.1, 0.15) is 44.9 Å². The van der Waals surface area contributed by atoms with Gasteiger partial charge in [-0.3, -0.25) is 19.2 Å². The van der Waals surface area contributed by atoms with Crippen molar-refractivity contribution < 1.29 is 58.5 Å². The summed E-state index contributed by atoms with van der Waals surface area (Å²) in [7, 11) is 0. The maximum absolute atomic E-state index is 12.2. The zero-order valence-electron chi connectivity index (χ0n) is 22.1. The van der Waals surface area contributed by atoms with Gasteiger partial charge in [0, 0.05) is 25.9 Å². The van der Waals surface area contributed by atoms with Gasteiger partial charge in [0.15, 0.2) is 0 Å². The van der Waals surface area contributed by atoms with E-state index in [2.05, 4.69) is 21.3 Å². The zero-order valence-corrected chi connectivity index (χ0v) is 22.1. The first-order valence-electron chi connectivity index (χ1n) is 12.6. The summed E-state index contributed by atoms with van der Waals surface area (Å²) < 4.78 is 10.2. The lowest BCUT2D eigenvalue weighted by atomic mass is 10.1. The normalized spacial score (nSPS) is 12.8. The predicted molar refractivity (Wildman–Crippen MR) is 135 cm³/mol. The van der Waals surface area contributed by atoms with E-state index in [1.165, 1.54) is 0 Å². The lowest BCUT2D eigenvalue weighted by Gasteiger charge is -2.17. The molecule has 0 heterocycles. The molecule has 4 amide bonds. The number of aliphatic carboxylic acids is 2. The van der Waals surface area contributed by atoms with Crippen LogP contribution in [0.15, 0.2) is 0 Å². The molecule has 0 aliphatic rings. The number of ether oxygens (including phenoxy) is 2. The van der Waals surface area contributed by atoms with Crippen LogP contribution in [-0.4, -0.2) is 115 Å². The highest BCUT2D eigenvalue weighted by molar-refractivity contribution is 5.86. The number of carbonyl (C=O) groups is 7. The summed E-state index contributed by atoms with van der Waals surface area (Å²) in [4.78, 5) is 79.7. The number of carboxylic acid groups (broad SMARTS) is 2. The summed E-state index contributed by atoms with van der Waals surface area (Å²) in [6, 6.07) is -3.49. The van der Waals surface area contributed by atoms with E-state index in [-0.39, 0.29) is 45.6 Å². The fourth-order valence-corrected chi connectivity index (χ4v) is 3.11. The van der Waals surface area contributed by atoms with Crippen LogP contribution < -0.4 is 26.7 Å². The highest BCUT2D eigenvalue weighted by Gasteiger charge is 2.24. The molecular weight excluding hydrogens is 538 g/mol. The molecule has 17 heteroatoms. The molecule has 0 bridgehead atoms. The largest absolute Gasteiger partial charge is 0.480 e. The number of hydrogen-bond acceptors (Lipinski definition) is 11. The minimum absolute atomic E-state index is 0.0490. The van der Waals surface area contributed by atoms with Gasteiger partial charge >= 0.3 is 11.9 Å². The number of hydrogen-bond donors (Lipinski definition) is 8. The highest BCUT2D eigenvalue weighted by atomic mass is 16.5. The van der Waals surface area contributed by atoms with Gasteiger partial charge in [0.25, 0.3) is 0 Å². The van der Waals surface area contributed by atoms with Crippen LogP contribution in [-0.2, 0) is 43.0 Å². The summed E-state index contributed by atoms with van der Waals surface area (Å²) in [5.41, 5.74) is 1.85. The second-order valence-corrected chi connectivity index (χ2v) is 8.45. The molecule has 3 atom stereocenters. The molecule has 8 N–H and O–H groups in total. The molecular formula is C23H39N5O12. The zero-order chi connectivity index (χ0) is 30.2. The number of hydroxylamine groups is 1. The molecule has 0 saturated carbocycles. The topological polar surface area (TPSA) is 259 Å². The van der Waals surface area contributed by atoms with Gasteiger partial charge in [0.05, 0.1) is 25.9 Å². The number of aldehydes is 1. The Morgan fingerprint density at radius 2 is 1.32 bits per heavy atom. The summed E-state index contributed by atoms with van der Waals surface area (Å²) in [5.74, 6) is -4.72. The van der Waals surface area contributed by atoms with Crippen molar-refractivity contribution in [2.45, 2.75) is 63.1 Å². The van der Waals surface area contributed by atoms with E-state index in [0.29, 0.717) is 38.5 Å². The van der Waals surface area contributed by atoms with Gasteiger partial charge in [-0.15, -0.1) is 0 Å². The number of nitrogens with one attached hydrogen (secondary N) is 5. The van der Waals surface area contributed by atoms with Crippen LogP contribution in [0.2, 0.25) is 0 Å². The predicted octanol–water partition coefficient (Wildman–Crippen LogP) is -2.70. The Kier molecular flexibility index (Phi) is 21.1. The highest BCUT2D eigenvalue weighted by Crippen LogP contribution is 2.03. The lowest BCUT2D eigenvalue weighted by molar-refractivity contribution is -0.144. The Hall–Kier alpha value is -3.67. The Balaban J connectivity index is 4.33. The van der Waals surface area contributed by atoms with Crippen LogP contribution in [0.4, 0.5) is 0 Å². The SMILES string of the molecule is O=CNCCOCCOCC(=O)N[C@@H](CCC(=O)NC(CCC(=O)NCCCCC(C=O)NO)C(=O)O)C(=O)O. The van der Waals surface area contributed by atoms with Crippen molar-refractivity contribution >= 4 is 42.4 Å². The van der Waals surface area contributed by atoms with Crippen molar-refractivity contribution in [3.63, 3.8) is 0 Å². The van der Waals surface area contributed by atoms with E-state index in [0.717, 1.165) is 0 Å². The molecule has 2 unspecified atom stereocenters. The number of carbonyl (C=O) groups excluding carboxylic acids is 5. The van der Waals surface area contributed by atoms with Crippen molar-refractivity contribution in [2.75, 3.05) is 39.5 Å². The Bertz CT molecular complexity index is 813. The lowest BCUT2D eigenvalue weighted by Crippen LogP contribution is -2.45. The molecule has 0 aliphatic heterocycles. The molecule has 0 rings (SSSR count). The molecule has 228 valence electrons. The number of rotatable bonds is 26. The van der Waals surface area contributed by atoms with E-state index in [4.69, 9.17) is 14.7 Å². The van der Waals surface area contributed by atoms with Gasteiger partial charge in [-0.2, -0.15) is 5.48 Å². The molecule has 0 spiro atoms. The van der Waals surface area contributed by atoms with Crippen LogP contribution in [0.25, 0.3) is 0 Å². The molecule has 0 aromatic carbocycles. The molecule has 0 fully saturated rings. The summed E-state index contributed by atoms with van der Waals surface area (Å²) in [5, 5.41) is 36.8. The first-order chi connectivity index (χ1) is 19.1. The van der Waals surface area contributed by atoms with Gasteiger partial charge in [-0.1, -0.05) is 0 Å². The van der Waals surface area contributed by atoms with Crippen molar-refractivity contribution in [3.05, 3.63) is 0 Å². The molecule has 40 heavy (non-hydrogen) atoms. The van der Waals surface area contributed by atoms with Gasteiger partial charge in [-0.05, 0) is 32.1 Å². The Labute approximate surface area is 230 Å². The van der Waals surface area contributed by atoms with E-state index in [1.54, 1.807) is 0 Å². The summed E-state index contributed by atoms with van der Waals surface area (Å²) in [6.45, 7) is 0.595. The van der Waals surface area contributed by atoms with Gasteiger partial charge in [0.2, 0.25) is 24.1 Å². The maximum atomic E-state index is 12.2. The van der Waals surface area contributed by atoms with Crippen LogP contribution in [0.5, 0.6) is 0 Å². The second kappa shape index (κ2) is 23.2. The van der Waals surface area contributed by atoms with E-state index < -0.39 is 60.8 Å². The first-order valence-corrected chi connectivity index (χ1v) is 12.6. The third-order valence-electron chi connectivity index (χ3n) is 5.26. The minimum Gasteiger partial charge on any atom is -0.480 e. The molecule has 0 saturated heterocycles. The molecule has 0 aliphatic carbocycles. The third kappa shape index (κ3) is 19.4. The Morgan fingerprint density at radius 1 is 0.725 bits per heavy atom. The average Bonchev–Trinajstić information content (AvgIpc) is 2.92. The van der Waals surface area contributed by atoms with Gasteiger partial charge < -0.3 is 51.0 Å². The molecule has 17 nitrogen and oxygen atoms in total. The van der Waals surface area contributed by atoms with E-state index >= 15 is 0 Å². The third-order valence-corrected chi connectivity index (χ3v) is 5.26. The van der Waals surface area contributed by atoms with Crippen LogP contribution in [0.3, 0.4) is 0 Å². The van der Waals surface area contributed by atoms with Gasteiger partial charge in [0.1, 0.15) is 25.0 Å². The Morgan fingerprint density at radius 3 is 1.90 bits per heavy atom. The minimum atomic E-state index is -1.42. The fraction of sp³-hybridized carbons (Fsp3) is 0.696. The van der Waals surface area contributed by atoms with Crippen molar-refractivity contribution in [3.8, 4) is 0 Å².